The van der Waals surface area contributed by atoms with Gasteiger partial charge in [0, 0.05) is 12.6 Å². The first kappa shape index (κ1) is 15.9. The van der Waals surface area contributed by atoms with Gasteiger partial charge in [0.25, 0.3) is 5.91 Å². The zero-order valence-corrected chi connectivity index (χ0v) is 12.4. The average Bonchev–Trinajstić information content (AvgIpc) is 2.64. The standard InChI is InChI=1S/C11H15Cl2N3O3/c1-4-19-6-16-9(13)8(12)14-10(16)11(18)15(5-17)7(2)3/h5,7H,4,6H2,1-3H3. The molecule has 0 unspecified atom stereocenters. The van der Waals surface area contributed by atoms with E-state index in [4.69, 9.17) is 27.9 Å². The molecule has 0 N–H and O–H groups in total. The van der Waals surface area contributed by atoms with E-state index in [0.29, 0.717) is 13.0 Å². The highest BCUT2D eigenvalue weighted by atomic mass is 35.5. The third-order valence-electron chi connectivity index (χ3n) is 2.39. The summed E-state index contributed by atoms with van der Waals surface area (Å²) in [5.41, 5.74) is 0. The number of carbonyl (C=O) groups is 2. The number of nitrogens with zero attached hydrogens (tertiary/aromatic N) is 3. The van der Waals surface area contributed by atoms with Gasteiger partial charge < -0.3 is 4.74 Å². The van der Waals surface area contributed by atoms with Crippen molar-refractivity contribution in [3.63, 3.8) is 0 Å². The molecule has 0 aromatic carbocycles. The average molecular weight is 308 g/mol. The predicted molar refractivity (Wildman–Crippen MR) is 71.2 cm³/mol. The van der Waals surface area contributed by atoms with Gasteiger partial charge in [0.2, 0.25) is 12.2 Å². The summed E-state index contributed by atoms with van der Waals surface area (Å²) >= 11 is 11.8. The molecule has 1 rings (SSSR count). The van der Waals surface area contributed by atoms with Crippen molar-refractivity contribution in [2.24, 2.45) is 0 Å². The first-order valence-corrected chi connectivity index (χ1v) is 6.46. The summed E-state index contributed by atoms with van der Waals surface area (Å²) in [6.45, 7) is 5.72. The molecule has 106 valence electrons. The first-order valence-electron chi connectivity index (χ1n) is 5.71. The summed E-state index contributed by atoms with van der Waals surface area (Å²) in [5.74, 6) is -0.595. The van der Waals surface area contributed by atoms with Crippen molar-refractivity contribution >= 4 is 35.5 Å². The third-order valence-corrected chi connectivity index (χ3v) is 3.13. The predicted octanol–water partition coefficient (Wildman–Crippen LogP) is 2.19. The topological polar surface area (TPSA) is 64.4 Å². The lowest BCUT2D eigenvalue weighted by Crippen LogP contribution is -2.37. The van der Waals surface area contributed by atoms with E-state index in [0.717, 1.165) is 4.90 Å². The lowest BCUT2D eigenvalue weighted by Gasteiger charge is -2.19. The third kappa shape index (κ3) is 3.46. The summed E-state index contributed by atoms with van der Waals surface area (Å²) in [6, 6.07) is -0.292. The number of hydrogen-bond donors (Lipinski definition) is 0. The fourth-order valence-corrected chi connectivity index (χ4v) is 1.74. The summed E-state index contributed by atoms with van der Waals surface area (Å²) in [7, 11) is 0. The Hall–Kier alpha value is -1.11. The highest BCUT2D eigenvalue weighted by molar-refractivity contribution is 6.40. The number of carbonyl (C=O) groups excluding carboxylic acids is 2. The Bertz CT molecular complexity index is 474. The Morgan fingerprint density at radius 3 is 2.63 bits per heavy atom. The molecule has 0 bridgehead atoms. The van der Waals surface area contributed by atoms with Crippen LogP contribution in [0, 0.1) is 0 Å². The van der Waals surface area contributed by atoms with Crippen molar-refractivity contribution in [2.75, 3.05) is 6.61 Å². The van der Waals surface area contributed by atoms with E-state index < -0.39 is 5.91 Å². The summed E-state index contributed by atoms with van der Waals surface area (Å²) < 4.78 is 6.53. The van der Waals surface area contributed by atoms with Crippen LogP contribution in [0.4, 0.5) is 0 Å². The van der Waals surface area contributed by atoms with Crippen molar-refractivity contribution in [3.05, 3.63) is 16.1 Å². The van der Waals surface area contributed by atoms with E-state index in [1.165, 1.54) is 4.57 Å². The highest BCUT2D eigenvalue weighted by Crippen LogP contribution is 2.24. The number of amides is 2. The highest BCUT2D eigenvalue weighted by Gasteiger charge is 2.26. The molecular weight excluding hydrogens is 293 g/mol. The first-order chi connectivity index (χ1) is 8.93. The van der Waals surface area contributed by atoms with Gasteiger partial charge in [-0.05, 0) is 20.8 Å². The Morgan fingerprint density at radius 1 is 1.53 bits per heavy atom. The minimum atomic E-state index is -0.571. The van der Waals surface area contributed by atoms with E-state index in [1.807, 2.05) is 0 Å². The number of rotatable bonds is 6. The van der Waals surface area contributed by atoms with Crippen molar-refractivity contribution in [1.82, 2.24) is 14.5 Å². The molecule has 0 spiro atoms. The van der Waals surface area contributed by atoms with Crippen molar-refractivity contribution in [2.45, 2.75) is 33.5 Å². The van der Waals surface area contributed by atoms with Crippen LogP contribution in [0.3, 0.4) is 0 Å². The number of imide groups is 1. The van der Waals surface area contributed by atoms with Crippen molar-refractivity contribution < 1.29 is 14.3 Å². The van der Waals surface area contributed by atoms with Gasteiger partial charge in [-0.15, -0.1) is 0 Å². The van der Waals surface area contributed by atoms with E-state index in [9.17, 15) is 9.59 Å². The molecule has 0 aliphatic rings. The second-order valence-electron chi connectivity index (χ2n) is 3.98. The van der Waals surface area contributed by atoms with E-state index >= 15 is 0 Å². The van der Waals surface area contributed by atoms with Gasteiger partial charge in [0.05, 0.1) is 0 Å². The second-order valence-corrected chi connectivity index (χ2v) is 4.69. The molecule has 6 nitrogen and oxygen atoms in total. The molecule has 2 amide bonds. The zero-order chi connectivity index (χ0) is 14.6. The molecule has 0 radical (unpaired) electrons. The maximum Gasteiger partial charge on any atom is 0.296 e. The monoisotopic (exact) mass is 307 g/mol. The molecule has 0 atom stereocenters. The summed E-state index contributed by atoms with van der Waals surface area (Å²) in [5, 5.41) is 0.104. The maximum absolute atomic E-state index is 12.2. The van der Waals surface area contributed by atoms with Gasteiger partial charge in [-0.3, -0.25) is 19.1 Å². The molecule has 0 saturated carbocycles. The zero-order valence-electron chi connectivity index (χ0n) is 10.9. The van der Waals surface area contributed by atoms with Gasteiger partial charge in [-0.2, -0.15) is 0 Å². The summed E-state index contributed by atoms with van der Waals surface area (Å²) in [6.07, 6.45) is 0.453. The van der Waals surface area contributed by atoms with Crippen LogP contribution in [0.2, 0.25) is 10.3 Å². The SMILES string of the molecule is CCOCn1c(C(=O)N(C=O)C(C)C)nc(Cl)c1Cl. The van der Waals surface area contributed by atoms with Gasteiger partial charge in [-0.1, -0.05) is 23.2 Å². The van der Waals surface area contributed by atoms with E-state index in [2.05, 4.69) is 4.98 Å². The molecule has 8 heteroatoms. The lowest BCUT2D eigenvalue weighted by molar-refractivity contribution is -0.117. The number of aromatic nitrogens is 2. The number of halogens is 2. The normalized spacial score (nSPS) is 10.8. The number of imidazole rings is 1. The van der Waals surface area contributed by atoms with Crippen molar-refractivity contribution in [1.29, 1.82) is 0 Å². The fourth-order valence-electron chi connectivity index (χ4n) is 1.39. The lowest BCUT2D eigenvalue weighted by atomic mass is 10.3. The molecule has 0 fully saturated rings. The Balaban J connectivity index is 3.14. The number of ether oxygens (including phenoxy) is 1. The van der Waals surface area contributed by atoms with Crippen LogP contribution in [-0.2, 0) is 16.3 Å². The Morgan fingerprint density at radius 2 is 2.16 bits per heavy atom. The van der Waals surface area contributed by atoms with E-state index in [1.54, 1.807) is 20.8 Å². The smallest absolute Gasteiger partial charge is 0.296 e. The van der Waals surface area contributed by atoms with Crippen LogP contribution in [0.5, 0.6) is 0 Å². The van der Waals surface area contributed by atoms with Crippen LogP contribution in [0.15, 0.2) is 0 Å². The Kier molecular flexibility index (Phi) is 5.78. The molecule has 1 aromatic heterocycles. The molecule has 19 heavy (non-hydrogen) atoms. The number of hydrogen-bond acceptors (Lipinski definition) is 4. The van der Waals surface area contributed by atoms with Crippen LogP contribution in [0.25, 0.3) is 0 Å². The Labute approximate surface area is 121 Å². The fraction of sp³-hybridized carbons (Fsp3) is 0.545. The van der Waals surface area contributed by atoms with Crippen LogP contribution >= 0.6 is 23.2 Å². The van der Waals surface area contributed by atoms with Crippen LogP contribution in [0.1, 0.15) is 31.4 Å². The molecule has 0 aliphatic carbocycles. The minimum absolute atomic E-state index is 0.000625. The molecule has 0 aliphatic heterocycles. The molecular formula is C11H15Cl2N3O3. The van der Waals surface area contributed by atoms with Crippen LogP contribution in [-0.4, -0.2) is 39.4 Å². The van der Waals surface area contributed by atoms with Gasteiger partial charge >= 0.3 is 0 Å². The summed E-state index contributed by atoms with van der Waals surface area (Å²) in [4.78, 5) is 28.0. The van der Waals surface area contributed by atoms with Gasteiger partial charge in [0.1, 0.15) is 11.9 Å². The van der Waals surface area contributed by atoms with E-state index in [-0.39, 0.29) is 28.9 Å². The molecule has 1 heterocycles. The minimum Gasteiger partial charge on any atom is -0.361 e. The van der Waals surface area contributed by atoms with Crippen molar-refractivity contribution in [3.8, 4) is 0 Å². The maximum atomic E-state index is 12.2. The quantitative estimate of drug-likeness (QED) is 0.756. The van der Waals surface area contributed by atoms with Crippen LogP contribution < -0.4 is 0 Å². The molecule has 1 aromatic rings. The van der Waals surface area contributed by atoms with Gasteiger partial charge in [0.15, 0.2) is 5.15 Å². The van der Waals surface area contributed by atoms with Gasteiger partial charge in [-0.25, -0.2) is 4.98 Å². The largest absolute Gasteiger partial charge is 0.361 e. The molecule has 0 saturated heterocycles. The second kappa shape index (κ2) is 6.88.